The molecule has 142 valence electrons. The van der Waals surface area contributed by atoms with Crippen LogP contribution in [-0.2, 0) is 18.9 Å². The predicted molar refractivity (Wildman–Crippen MR) is 83.4 cm³/mol. The highest BCUT2D eigenvalue weighted by Crippen LogP contribution is 2.39. The van der Waals surface area contributed by atoms with Gasteiger partial charge >= 0.3 is 12.4 Å². The summed E-state index contributed by atoms with van der Waals surface area (Å²) >= 11 is 0. The quantitative estimate of drug-likeness (QED) is 0.747. The van der Waals surface area contributed by atoms with Gasteiger partial charge in [-0.15, -0.1) is 0 Å². The zero-order valence-electron chi connectivity index (χ0n) is 13.9. The van der Waals surface area contributed by atoms with Gasteiger partial charge in [-0.25, -0.2) is 0 Å². The minimum Gasteiger partial charge on any atom is -0.366 e. The number of carbonyl (C=O) groups excluding carboxylic acids is 1. The van der Waals surface area contributed by atoms with Crippen molar-refractivity contribution in [3.05, 3.63) is 46.6 Å². The first kappa shape index (κ1) is 19.9. The molecule has 0 spiro atoms. The van der Waals surface area contributed by atoms with Gasteiger partial charge in [0.2, 0.25) is 0 Å². The van der Waals surface area contributed by atoms with Crippen molar-refractivity contribution in [1.82, 2.24) is 4.57 Å². The number of primary amides is 1. The van der Waals surface area contributed by atoms with E-state index in [0.717, 1.165) is 0 Å². The van der Waals surface area contributed by atoms with Crippen molar-refractivity contribution in [1.29, 1.82) is 0 Å². The Morgan fingerprint density at radius 2 is 1.50 bits per heavy atom. The van der Waals surface area contributed by atoms with E-state index in [1.165, 1.54) is 17.6 Å². The highest BCUT2D eigenvalue weighted by molar-refractivity contribution is 5.95. The molecule has 0 bridgehead atoms. The molecule has 0 saturated heterocycles. The summed E-state index contributed by atoms with van der Waals surface area (Å²) in [6.45, 7) is 3.64. The standard InChI is InChI=1S/C17H16F6N2O/c1-3-4-25-9(2)13(15(24)26)8-14(25)10-5-11(16(18,19)20)7-12(6-10)17(21,22)23/h5-8H,3-4H2,1-2H3,(H2,24,26). The Labute approximate surface area is 145 Å². The van der Waals surface area contributed by atoms with E-state index < -0.39 is 29.4 Å². The van der Waals surface area contributed by atoms with Gasteiger partial charge in [-0.2, -0.15) is 26.3 Å². The van der Waals surface area contributed by atoms with Gasteiger partial charge in [0, 0.05) is 17.9 Å². The van der Waals surface area contributed by atoms with E-state index >= 15 is 0 Å². The molecule has 0 aliphatic carbocycles. The van der Waals surface area contributed by atoms with E-state index in [1.54, 1.807) is 6.92 Å². The van der Waals surface area contributed by atoms with Gasteiger partial charge in [0.15, 0.2) is 0 Å². The first-order chi connectivity index (χ1) is 11.9. The van der Waals surface area contributed by atoms with Crippen molar-refractivity contribution in [3.8, 4) is 11.3 Å². The van der Waals surface area contributed by atoms with E-state index in [9.17, 15) is 31.1 Å². The van der Waals surface area contributed by atoms with Gasteiger partial charge in [0.25, 0.3) is 5.91 Å². The molecule has 9 heteroatoms. The Hall–Kier alpha value is -2.45. The lowest BCUT2D eigenvalue weighted by molar-refractivity contribution is -0.143. The van der Waals surface area contributed by atoms with Crippen LogP contribution < -0.4 is 5.73 Å². The van der Waals surface area contributed by atoms with Crippen LogP contribution in [0.4, 0.5) is 26.3 Å². The van der Waals surface area contributed by atoms with Gasteiger partial charge < -0.3 is 10.3 Å². The third-order valence-electron chi connectivity index (χ3n) is 3.96. The van der Waals surface area contributed by atoms with Gasteiger partial charge in [-0.1, -0.05) is 6.92 Å². The molecule has 1 heterocycles. The molecule has 0 fully saturated rings. The molecule has 0 saturated carbocycles. The zero-order chi connectivity index (χ0) is 19.9. The summed E-state index contributed by atoms with van der Waals surface area (Å²) in [5, 5.41) is 0. The number of alkyl halides is 6. The van der Waals surface area contributed by atoms with Crippen molar-refractivity contribution in [2.24, 2.45) is 5.73 Å². The first-order valence-corrected chi connectivity index (χ1v) is 7.66. The molecular formula is C17H16F6N2O. The third kappa shape index (κ3) is 3.86. The second-order valence-corrected chi connectivity index (χ2v) is 5.84. The Bertz CT molecular complexity index is 801. The van der Waals surface area contributed by atoms with Crippen LogP contribution in [0.15, 0.2) is 24.3 Å². The van der Waals surface area contributed by atoms with Crippen LogP contribution in [-0.4, -0.2) is 10.5 Å². The molecule has 2 N–H and O–H groups in total. The normalized spacial score (nSPS) is 12.5. The van der Waals surface area contributed by atoms with Crippen molar-refractivity contribution < 1.29 is 31.1 Å². The van der Waals surface area contributed by atoms with Crippen molar-refractivity contribution in [2.75, 3.05) is 0 Å². The molecule has 26 heavy (non-hydrogen) atoms. The topological polar surface area (TPSA) is 48.0 Å². The Kier molecular flexibility index (Phi) is 5.12. The molecular weight excluding hydrogens is 362 g/mol. The van der Waals surface area contributed by atoms with Crippen LogP contribution in [0.2, 0.25) is 0 Å². The average molecular weight is 378 g/mol. The van der Waals surface area contributed by atoms with Gasteiger partial charge in [0.05, 0.1) is 16.7 Å². The van der Waals surface area contributed by atoms with Crippen LogP contribution in [0.25, 0.3) is 11.3 Å². The summed E-state index contributed by atoms with van der Waals surface area (Å²) < 4.78 is 79.9. The summed E-state index contributed by atoms with van der Waals surface area (Å²) in [6, 6.07) is 2.57. The number of hydrogen-bond donors (Lipinski definition) is 1. The van der Waals surface area contributed by atoms with Crippen LogP contribution in [0.3, 0.4) is 0 Å². The maximum absolute atomic E-state index is 13.1. The Balaban J connectivity index is 2.79. The number of carbonyl (C=O) groups is 1. The SMILES string of the molecule is CCCn1c(-c2cc(C(F)(F)F)cc(C(F)(F)F)c2)cc(C(N)=O)c1C. The molecule has 0 atom stereocenters. The lowest BCUT2D eigenvalue weighted by atomic mass is 10.0. The molecule has 0 unspecified atom stereocenters. The Morgan fingerprint density at radius 1 is 1.00 bits per heavy atom. The zero-order valence-corrected chi connectivity index (χ0v) is 13.9. The smallest absolute Gasteiger partial charge is 0.366 e. The maximum atomic E-state index is 13.1. The minimum absolute atomic E-state index is 0.0550. The first-order valence-electron chi connectivity index (χ1n) is 7.66. The fourth-order valence-electron chi connectivity index (χ4n) is 2.75. The summed E-state index contributed by atoms with van der Waals surface area (Å²) in [5.74, 6) is -0.804. The number of benzene rings is 1. The van der Waals surface area contributed by atoms with Crippen molar-refractivity contribution in [2.45, 2.75) is 39.2 Å². The van der Waals surface area contributed by atoms with Crippen LogP contribution in [0.5, 0.6) is 0 Å². The summed E-state index contributed by atoms with van der Waals surface area (Å²) in [5.41, 5.74) is 2.67. The van der Waals surface area contributed by atoms with Crippen molar-refractivity contribution in [3.63, 3.8) is 0 Å². The number of rotatable bonds is 4. The molecule has 1 aromatic carbocycles. The molecule has 1 amide bonds. The summed E-state index contributed by atoms with van der Waals surface area (Å²) in [4.78, 5) is 11.5. The number of aromatic nitrogens is 1. The molecule has 2 aromatic rings. The second kappa shape index (κ2) is 6.69. The molecule has 1 aromatic heterocycles. The van der Waals surface area contributed by atoms with Crippen LogP contribution in [0.1, 0.15) is 40.5 Å². The average Bonchev–Trinajstić information content (AvgIpc) is 2.83. The van der Waals surface area contributed by atoms with Crippen LogP contribution >= 0.6 is 0 Å². The second-order valence-electron chi connectivity index (χ2n) is 5.84. The van der Waals surface area contributed by atoms with E-state index in [-0.39, 0.29) is 22.9 Å². The van der Waals surface area contributed by atoms with Crippen molar-refractivity contribution >= 4 is 5.91 Å². The highest BCUT2D eigenvalue weighted by Gasteiger charge is 2.37. The number of hydrogen-bond acceptors (Lipinski definition) is 1. The molecule has 0 aliphatic rings. The lowest BCUT2D eigenvalue weighted by Crippen LogP contribution is -2.12. The highest BCUT2D eigenvalue weighted by atomic mass is 19.4. The van der Waals surface area contributed by atoms with E-state index in [4.69, 9.17) is 5.73 Å². The molecule has 3 nitrogen and oxygen atoms in total. The largest absolute Gasteiger partial charge is 0.416 e. The fourth-order valence-corrected chi connectivity index (χ4v) is 2.75. The number of amides is 1. The van der Waals surface area contributed by atoms with E-state index in [1.807, 2.05) is 0 Å². The minimum atomic E-state index is -4.94. The third-order valence-corrected chi connectivity index (χ3v) is 3.96. The van der Waals surface area contributed by atoms with E-state index in [2.05, 4.69) is 0 Å². The Morgan fingerprint density at radius 3 is 1.88 bits per heavy atom. The van der Waals surface area contributed by atoms with Gasteiger partial charge in [0.1, 0.15) is 0 Å². The summed E-state index contributed by atoms with van der Waals surface area (Å²) in [7, 11) is 0. The predicted octanol–water partition coefficient (Wildman–Crippen LogP) is 5.01. The molecule has 2 rings (SSSR count). The number of nitrogens with zero attached hydrogens (tertiary/aromatic N) is 1. The maximum Gasteiger partial charge on any atom is 0.416 e. The van der Waals surface area contributed by atoms with Crippen LogP contribution in [0, 0.1) is 6.92 Å². The van der Waals surface area contributed by atoms with Gasteiger partial charge in [-0.3, -0.25) is 4.79 Å². The molecule has 0 radical (unpaired) electrons. The van der Waals surface area contributed by atoms with Gasteiger partial charge in [-0.05, 0) is 43.2 Å². The number of halogens is 6. The number of nitrogens with two attached hydrogens (primary N) is 1. The fraction of sp³-hybridized carbons (Fsp3) is 0.353. The monoisotopic (exact) mass is 378 g/mol. The molecule has 0 aliphatic heterocycles. The lowest BCUT2D eigenvalue weighted by Gasteiger charge is -2.16. The summed E-state index contributed by atoms with van der Waals surface area (Å²) in [6.07, 6.45) is -9.33. The van der Waals surface area contributed by atoms with E-state index in [0.29, 0.717) is 30.8 Å².